The lowest BCUT2D eigenvalue weighted by Gasteiger charge is -2.15. The zero-order valence-electron chi connectivity index (χ0n) is 8.99. The number of carbonyl (C=O) groups excluding carboxylic acids is 1. The molecule has 1 saturated heterocycles. The summed E-state index contributed by atoms with van der Waals surface area (Å²) in [6.07, 6.45) is 0. The van der Waals surface area contributed by atoms with E-state index in [0.717, 1.165) is 0 Å². The van der Waals surface area contributed by atoms with Gasteiger partial charge in [-0.2, -0.15) is 10.5 Å². The van der Waals surface area contributed by atoms with Crippen LogP contribution in [0.25, 0.3) is 0 Å². The third kappa shape index (κ3) is 2.43. The third-order valence-electron chi connectivity index (χ3n) is 2.08. The van der Waals surface area contributed by atoms with Crippen molar-refractivity contribution >= 4 is 5.97 Å². The lowest BCUT2D eigenvalue weighted by atomic mass is 10.3. The SMILES string of the molecule is CCOC(=O)/C(C#N)=C1\NCCN1CC#N. The maximum atomic E-state index is 11.5. The van der Waals surface area contributed by atoms with Crippen LogP contribution in [0.2, 0.25) is 0 Å². The molecule has 1 aliphatic heterocycles. The molecule has 1 rings (SSSR count). The van der Waals surface area contributed by atoms with Crippen molar-refractivity contribution in [2.24, 2.45) is 0 Å². The Kier molecular flexibility index (Phi) is 4.16. The molecule has 6 heteroatoms. The molecular formula is C10H12N4O2. The van der Waals surface area contributed by atoms with Gasteiger partial charge in [0.15, 0.2) is 5.57 Å². The fraction of sp³-hybridized carbons (Fsp3) is 0.500. The number of nitriles is 2. The third-order valence-corrected chi connectivity index (χ3v) is 2.08. The number of esters is 1. The number of ether oxygens (including phenoxy) is 1. The molecule has 0 aromatic rings. The van der Waals surface area contributed by atoms with E-state index in [1.165, 1.54) is 0 Å². The molecule has 6 nitrogen and oxygen atoms in total. The summed E-state index contributed by atoms with van der Waals surface area (Å²) in [6.45, 7) is 3.25. The van der Waals surface area contributed by atoms with Crippen molar-refractivity contribution in [1.82, 2.24) is 10.2 Å². The molecule has 0 amide bonds. The highest BCUT2D eigenvalue weighted by atomic mass is 16.5. The Morgan fingerprint density at radius 1 is 1.62 bits per heavy atom. The Balaban J connectivity index is 2.95. The van der Waals surface area contributed by atoms with E-state index in [-0.39, 0.29) is 18.7 Å². The van der Waals surface area contributed by atoms with Gasteiger partial charge in [-0.1, -0.05) is 0 Å². The number of hydrogen-bond acceptors (Lipinski definition) is 6. The second-order valence-electron chi connectivity index (χ2n) is 3.06. The number of rotatable bonds is 3. The van der Waals surface area contributed by atoms with Gasteiger partial charge in [-0.15, -0.1) is 0 Å². The van der Waals surface area contributed by atoms with Crippen LogP contribution in [-0.4, -0.2) is 37.1 Å². The number of nitrogens with one attached hydrogen (secondary N) is 1. The minimum absolute atomic E-state index is 0.0744. The fourth-order valence-corrected chi connectivity index (χ4v) is 1.42. The summed E-state index contributed by atoms with van der Waals surface area (Å²) in [6, 6.07) is 3.79. The lowest BCUT2D eigenvalue weighted by molar-refractivity contribution is -0.138. The summed E-state index contributed by atoms with van der Waals surface area (Å²) in [7, 11) is 0. The zero-order chi connectivity index (χ0) is 12.0. The molecule has 0 aromatic heterocycles. The molecule has 1 aliphatic rings. The van der Waals surface area contributed by atoms with Crippen LogP contribution in [0.15, 0.2) is 11.4 Å². The Hall–Kier alpha value is -2.21. The van der Waals surface area contributed by atoms with Crippen LogP contribution in [0.4, 0.5) is 0 Å². The van der Waals surface area contributed by atoms with E-state index in [2.05, 4.69) is 5.32 Å². The van der Waals surface area contributed by atoms with Gasteiger partial charge in [0.2, 0.25) is 0 Å². The first-order valence-corrected chi connectivity index (χ1v) is 4.91. The van der Waals surface area contributed by atoms with Gasteiger partial charge in [0.1, 0.15) is 18.4 Å². The van der Waals surface area contributed by atoms with E-state index in [0.29, 0.717) is 18.9 Å². The molecule has 0 radical (unpaired) electrons. The molecule has 0 unspecified atom stereocenters. The largest absolute Gasteiger partial charge is 0.462 e. The van der Waals surface area contributed by atoms with Gasteiger partial charge in [0.25, 0.3) is 0 Å². The van der Waals surface area contributed by atoms with Gasteiger partial charge >= 0.3 is 5.97 Å². The van der Waals surface area contributed by atoms with E-state index in [1.54, 1.807) is 11.8 Å². The minimum Gasteiger partial charge on any atom is -0.462 e. The summed E-state index contributed by atoms with van der Waals surface area (Å²) in [4.78, 5) is 13.1. The van der Waals surface area contributed by atoms with Crippen LogP contribution >= 0.6 is 0 Å². The minimum atomic E-state index is -0.655. The second-order valence-corrected chi connectivity index (χ2v) is 3.06. The van der Waals surface area contributed by atoms with Crippen LogP contribution in [-0.2, 0) is 9.53 Å². The van der Waals surface area contributed by atoms with Crippen LogP contribution in [0.5, 0.6) is 0 Å². The maximum Gasteiger partial charge on any atom is 0.352 e. The summed E-state index contributed by atoms with van der Waals surface area (Å²) >= 11 is 0. The molecule has 16 heavy (non-hydrogen) atoms. The first-order valence-electron chi connectivity index (χ1n) is 4.91. The summed E-state index contributed by atoms with van der Waals surface area (Å²) in [5.41, 5.74) is -0.0744. The van der Waals surface area contributed by atoms with Crippen LogP contribution in [0, 0.1) is 22.7 Å². The van der Waals surface area contributed by atoms with Crippen LogP contribution in [0.3, 0.4) is 0 Å². The topological polar surface area (TPSA) is 89.2 Å². The number of carbonyl (C=O) groups is 1. The van der Waals surface area contributed by atoms with Gasteiger partial charge in [0.05, 0.1) is 12.7 Å². The highest BCUT2D eigenvalue weighted by molar-refractivity contribution is 5.93. The fourth-order valence-electron chi connectivity index (χ4n) is 1.42. The van der Waals surface area contributed by atoms with Crippen LogP contribution < -0.4 is 5.32 Å². The quantitative estimate of drug-likeness (QED) is 0.304. The maximum absolute atomic E-state index is 11.5. The second kappa shape index (κ2) is 5.62. The molecule has 1 fully saturated rings. The van der Waals surface area contributed by atoms with E-state index < -0.39 is 5.97 Å². The van der Waals surface area contributed by atoms with Crippen molar-refractivity contribution in [3.05, 3.63) is 11.4 Å². The molecule has 84 valence electrons. The van der Waals surface area contributed by atoms with Crippen molar-refractivity contribution in [2.45, 2.75) is 6.92 Å². The van der Waals surface area contributed by atoms with E-state index in [4.69, 9.17) is 15.3 Å². The van der Waals surface area contributed by atoms with Crippen molar-refractivity contribution in [3.63, 3.8) is 0 Å². The highest BCUT2D eigenvalue weighted by Crippen LogP contribution is 2.12. The predicted octanol–water partition coefficient (Wildman–Crippen LogP) is -0.287. The average molecular weight is 220 g/mol. The van der Waals surface area contributed by atoms with Crippen molar-refractivity contribution in [3.8, 4) is 12.1 Å². The van der Waals surface area contributed by atoms with Crippen molar-refractivity contribution < 1.29 is 9.53 Å². The average Bonchev–Trinajstić information content (AvgIpc) is 2.69. The first kappa shape index (κ1) is 11.9. The van der Waals surface area contributed by atoms with E-state index in [9.17, 15) is 4.79 Å². The summed E-state index contributed by atoms with van der Waals surface area (Å²) in [5, 5.41) is 20.4. The number of nitrogens with zero attached hydrogens (tertiary/aromatic N) is 3. The van der Waals surface area contributed by atoms with Crippen molar-refractivity contribution in [1.29, 1.82) is 10.5 Å². The van der Waals surface area contributed by atoms with Gasteiger partial charge in [-0.25, -0.2) is 4.79 Å². The molecule has 0 bridgehead atoms. The molecule has 0 saturated carbocycles. The lowest BCUT2D eigenvalue weighted by Crippen LogP contribution is -2.24. The smallest absolute Gasteiger partial charge is 0.352 e. The standard InChI is InChI=1S/C10H12N4O2/c1-2-16-10(15)8(7-12)9-13-4-6-14(9)5-3-11/h13H,2,4-6H2,1H3/b9-8+. The molecule has 1 N–H and O–H groups in total. The van der Waals surface area contributed by atoms with Crippen LogP contribution in [0.1, 0.15) is 6.92 Å². The van der Waals surface area contributed by atoms with Gasteiger partial charge in [0, 0.05) is 13.1 Å². The first-order chi connectivity index (χ1) is 7.74. The van der Waals surface area contributed by atoms with Gasteiger partial charge < -0.3 is 15.0 Å². The van der Waals surface area contributed by atoms with Gasteiger partial charge in [-0.05, 0) is 6.92 Å². The Labute approximate surface area is 93.7 Å². The van der Waals surface area contributed by atoms with Crippen molar-refractivity contribution in [2.75, 3.05) is 26.2 Å². The Morgan fingerprint density at radius 2 is 2.38 bits per heavy atom. The molecule has 0 aromatic carbocycles. The summed E-state index contributed by atoms with van der Waals surface area (Å²) in [5.74, 6) is -0.264. The monoisotopic (exact) mass is 220 g/mol. The zero-order valence-corrected chi connectivity index (χ0v) is 8.99. The Bertz CT molecular complexity index is 389. The van der Waals surface area contributed by atoms with Gasteiger partial charge in [-0.3, -0.25) is 0 Å². The highest BCUT2D eigenvalue weighted by Gasteiger charge is 2.25. The molecule has 0 spiro atoms. The Morgan fingerprint density at radius 3 is 2.94 bits per heavy atom. The molecule has 0 atom stereocenters. The molecule has 0 aliphatic carbocycles. The van der Waals surface area contributed by atoms with E-state index >= 15 is 0 Å². The molecular weight excluding hydrogens is 208 g/mol. The normalized spacial score (nSPS) is 17.1. The van der Waals surface area contributed by atoms with E-state index in [1.807, 2.05) is 12.1 Å². The molecule has 1 heterocycles. The predicted molar refractivity (Wildman–Crippen MR) is 54.5 cm³/mol. The summed E-state index contributed by atoms with van der Waals surface area (Å²) < 4.78 is 4.76. The number of hydrogen-bond donors (Lipinski definition) is 1.